The van der Waals surface area contributed by atoms with Crippen LogP contribution in [-0.4, -0.2) is 23.5 Å². The molecule has 2 N–H and O–H groups in total. The van der Waals surface area contributed by atoms with Gasteiger partial charge in [-0.2, -0.15) is 0 Å². The summed E-state index contributed by atoms with van der Waals surface area (Å²) < 4.78 is 5.51. The van der Waals surface area contributed by atoms with Crippen LogP contribution in [0.15, 0.2) is 22.8 Å². The molecule has 0 saturated heterocycles. The average molecular weight is 317 g/mol. The number of rotatable bonds is 7. The zero-order valence-corrected chi connectivity index (χ0v) is 13.8. The van der Waals surface area contributed by atoms with E-state index in [-0.39, 0.29) is 18.9 Å². The standard InChI is InChI=1S/C18H23NO4/c1-4-5-13(18(21)22)9-19-17(20)8-14-10-23-16-7-12(3)11(2)6-15(14)16/h6-7,10,13H,4-5,8-9H2,1-3H3,(H,19,20)(H,21,22). The summed E-state index contributed by atoms with van der Waals surface area (Å²) >= 11 is 0. The van der Waals surface area contributed by atoms with Crippen molar-refractivity contribution in [3.8, 4) is 0 Å². The zero-order chi connectivity index (χ0) is 17.0. The lowest BCUT2D eigenvalue weighted by Gasteiger charge is -2.12. The average Bonchev–Trinajstić information content (AvgIpc) is 2.86. The van der Waals surface area contributed by atoms with Crippen molar-refractivity contribution in [3.05, 3.63) is 35.1 Å². The zero-order valence-electron chi connectivity index (χ0n) is 13.8. The van der Waals surface area contributed by atoms with Crippen LogP contribution in [0.1, 0.15) is 36.5 Å². The Balaban J connectivity index is 2.03. The van der Waals surface area contributed by atoms with Crippen LogP contribution in [0.5, 0.6) is 0 Å². The van der Waals surface area contributed by atoms with Crippen molar-refractivity contribution in [2.75, 3.05) is 6.54 Å². The molecule has 0 bridgehead atoms. The Morgan fingerprint density at radius 3 is 2.61 bits per heavy atom. The van der Waals surface area contributed by atoms with Crippen LogP contribution in [0.4, 0.5) is 0 Å². The SMILES string of the molecule is CCCC(CNC(=O)Cc1coc2cc(C)c(C)cc12)C(=O)O. The van der Waals surface area contributed by atoms with Gasteiger partial charge in [-0.25, -0.2) is 0 Å². The molecule has 1 amide bonds. The van der Waals surface area contributed by atoms with Gasteiger partial charge in [-0.1, -0.05) is 13.3 Å². The number of aryl methyl sites for hydroxylation is 2. The van der Waals surface area contributed by atoms with E-state index in [1.54, 1.807) is 6.26 Å². The minimum Gasteiger partial charge on any atom is -0.481 e. The maximum atomic E-state index is 12.1. The van der Waals surface area contributed by atoms with Crippen molar-refractivity contribution >= 4 is 22.8 Å². The fraction of sp³-hybridized carbons (Fsp3) is 0.444. The normalized spacial score (nSPS) is 12.3. The van der Waals surface area contributed by atoms with Gasteiger partial charge in [0.1, 0.15) is 5.58 Å². The molecule has 0 aliphatic heterocycles. The molecule has 1 aromatic heterocycles. The smallest absolute Gasteiger partial charge is 0.308 e. The van der Waals surface area contributed by atoms with Gasteiger partial charge in [0, 0.05) is 17.5 Å². The number of hydrogen-bond donors (Lipinski definition) is 2. The number of carboxylic acid groups (broad SMARTS) is 1. The number of carbonyl (C=O) groups excluding carboxylic acids is 1. The number of carboxylic acids is 1. The summed E-state index contributed by atoms with van der Waals surface area (Å²) in [4.78, 5) is 23.2. The summed E-state index contributed by atoms with van der Waals surface area (Å²) in [5.74, 6) is -1.59. The van der Waals surface area contributed by atoms with Crippen molar-refractivity contribution in [2.24, 2.45) is 5.92 Å². The van der Waals surface area contributed by atoms with Crippen LogP contribution >= 0.6 is 0 Å². The van der Waals surface area contributed by atoms with E-state index in [4.69, 9.17) is 9.52 Å². The molecule has 5 heteroatoms. The Morgan fingerprint density at radius 2 is 1.96 bits per heavy atom. The van der Waals surface area contributed by atoms with Crippen molar-refractivity contribution in [1.82, 2.24) is 5.32 Å². The molecule has 23 heavy (non-hydrogen) atoms. The molecule has 0 aliphatic rings. The van der Waals surface area contributed by atoms with Gasteiger partial charge < -0.3 is 14.8 Å². The highest BCUT2D eigenvalue weighted by molar-refractivity contribution is 5.88. The van der Waals surface area contributed by atoms with E-state index in [0.29, 0.717) is 6.42 Å². The molecule has 1 aromatic carbocycles. The Hall–Kier alpha value is -2.30. The third kappa shape index (κ3) is 4.12. The molecule has 1 unspecified atom stereocenters. The predicted octanol–water partition coefficient (Wildman–Crippen LogP) is 3.21. The molecule has 0 spiro atoms. The maximum Gasteiger partial charge on any atom is 0.308 e. The molecule has 2 aromatic rings. The van der Waals surface area contributed by atoms with Crippen LogP contribution in [0, 0.1) is 19.8 Å². The van der Waals surface area contributed by atoms with Gasteiger partial charge in [-0.3, -0.25) is 9.59 Å². The van der Waals surface area contributed by atoms with E-state index in [9.17, 15) is 9.59 Å². The summed E-state index contributed by atoms with van der Waals surface area (Å²) in [6.07, 6.45) is 3.12. The second-order valence-electron chi connectivity index (χ2n) is 6.00. The fourth-order valence-electron chi connectivity index (χ4n) is 2.61. The number of amides is 1. The number of fused-ring (bicyclic) bond motifs is 1. The monoisotopic (exact) mass is 317 g/mol. The number of carbonyl (C=O) groups is 2. The van der Waals surface area contributed by atoms with Gasteiger partial charge in [0.15, 0.2) is 0 Å². The first-order chi connectivity index (χ1) is 10.9. The van der Waals surface area contributed by atoms with Crippen LogP contribution in [0.3, 0.4) is 0 Å². The Bertz CT molecular complexity index is 717. The second kappa shape index (κ2) is 7.31. The topological polar surface area (TPSA) is 79.5 Å². The van der Waals surface area contributed by atoms with Crippen molar-refractivity contribution in [3.63, 3.8) is 0 Å². The molecule has 1 atom stereocenters. The van der Waals surface area contributed by atoms with Gasteiger partial charge in [0.05, 0.1) is 18.6 Å². The van der Waals surface area contributed by atoms with E-state index < -0.39 is 11.9 Å². The lowest BCUT2D eigenvalue weighted by molar-refractivity contribution is -0.141. The molecule has 0 radical (unpaired) electrons. The second-order valence-corrected chi connectivity index (χ2v) is 6.00. The van der Waals surface area contributed by atoms with Crippen molar-refractivity contribution in [1.29, 1.82) is 0 Å². The van der Waals surface area contributed by atoms with E-state index in [0.717, 1.165) is 34.1 Å². The van der Waals surface area contributed by atoms with Crippen molar-refractivity contribution < 1.29 is 19.1 Å². The molecule has 0 saturated carbocycles. The number of hydrogen-bond acceptors (Lipinski definition) is 3. The molecule has 0 fully saturated rings. The Kier molecular flexibility index (Phi) is 5.42. The minimum atomic E-state index is -0.869. The van der Waals surface area contributed by atoms with Crippen LogP contribution in [0.2, 0.25) is 0 Å². The molecule has 0 aliphatic carbocycles. The summed E-state index contributed by atoms with van der Waals surface area (Å²) in [7, 11) is 0. The Morgan fingerprint density at radius 1 is 1.26 bits per heavy atom. The van der Waals surface area contributed by atoms with E-state index in [1.807, 2.05) is 32.9 Å². The highest BCUT2D eigenvalue weighted by Gasteiger charge is 2.18. The molecular weight excluding hydrogens is 294 g/mol. The third-order valence-electron chi connectivity index (χ3n) is 4.15. The fourth-order valence-corrected chi connectivity index (χ4v) is 2.61. The molecule has 124 valence electrons. The quantitative estimate of drug-likeness (QED) is 0.822. The summed E-state index contributed by atoms with van der Waals surface area (Å²) in [6.45, 7) is 6.13. The van der Waals surface area contributed by atoms with Gasteiger partial charge in [0.25, 0.3) is 0 Å². The first-order valence-electron chi connectivity index (χ1n) is 7.89. The van der Waals surface area contributed by atoms with E-state index in [2.05, 4.69) is 5.32 Å². The van der Waals surface area contributed by atoms with Gasteiger partial charge in [-0.15, -0.1) is 0 Å². The predicted molar refractivity (Wildman–Crippen MR) is 88.4 cm³/mol. The summed E-state index contributed by atoms with van der Waals surface area (Å²) in [5, 5.41) is 12.8. The summed E-state index contributed by atoms with van der Waals surface area (Å²) in [5.41, 5.74) is 3.88. The van der Waals surface area contributed by atoms with Crippen LogP contribution in [0.25, 0.3) is 11.0 Å². The Labute approximate surface area is 135 Å². The van der Waals surface area contributed by atoms with E-state index in [1.165, 1.54) is 0 Å². The van der Waals surface area contributed by atoms with Crippen molar-refractivity contribution in [2.45, 2.75) is 40.0 Å². The molecule has 2 rings (SSSR count). The lowest BCUT2D eigenvalue weighted by atomic mass is 10.0. The first-order valence-corrected chi connectivity index (χ1v) is 7.89. The highest BCUT2D eigenvalue weighted by Crippen LogP contribution is 2.25. The summed E-state index contributed by atoms with van der Waals surface area (Å²) in [6, 6.07) is 3.99. The van der Waals surface area contributed by atoms with Crippen LogP contribution < -0.4 is 5.32 Å². The highest BCUT2D eigenvalue weighted by atomic mass is 16.4. The number of benzene rings is 1. The van der Waals surface area contributed by atoms with Crippen LogP contribution in [-0.2, 0) is 16.0 Å². The maximum absolute atomic E-state index is 12.1. The number of aliphatic carboxylic acids is 1. The van der Waals surface area contributed by atoms with E-state index >= 15 is 0 Å². The van der Waals surface area contributed by atoms with Gasteiger partial charge in [0.2, 0.25) is 5.91 Å². The molecule has 1 heterocycles. The largest absolute Gasteiger partial charge is 0.481 e. The lowest BCUT2D eigenvalue weighted by Crippen LogP contribution is -2.33. The third-order valence-corrected chi connectivity index (χ3v) is 4.15. The number of nitrogens with one attached hydrogen (secondary N) is 1. The number of furan rings is 1. The molecule has 5 nitrogen and oxygen atoms in total. The first kappa shape index (κ1) is 17.1. The minimum absolute atomic E-state index is 0.163. The van der Waals surface area contributed by atoms with Gasteiger partial charge >= 0.3 is 5.97 Å². The molecular formula is C18H23NO4. The van der Waals surface area contributed by atoms with Gasteiger partial charge in [-0.05, 0) is 43.5 Å².